The van der Waals surface area contributed by atoms with Gasteiger partial charge in [0.05, 0.1) is 13.2 Å². The molecule has 4 N–H and O–H groups in total. The van der Waals surface area contributed by atoms with Crippen molar-refractivity contribution in [2.24, 2.45) is 0 Å². The summed E-state index contributed by atoms with van der Waals surface area (Å²) in [5.41, 5.74) is 0. The van der Waals surface area contributed by atoms with E-state index in [1.165, 1.54) is 0 Å². The topological polar surface area (TPSA) is 106 Å². The molecule has 150 valence electrons. The highest BCUT2D eigenvalue weighted by molar-refractivity contribution is 5.31. The van der Waals surface area contributed by atoms with E-state index in [2.05, 4.69) is 0 Å². The molecule has 0 radical (unpaired) electrons. The van der Waals surface area contributed by atoms with E-state index < -0.39 is 12.2 Å². The Labute approximate surface area is 155 Å². The van der Waals surface area contributed by atoms with Crippen LogP contribution in [0, 0.1) is 0 Å². The number of likely N-dealkylation sites (N-methyl/N-ethyl adjacent to an activating group) is 2. The lowest BCUT2D eigenvalue weighted by Crippen LogP contribution is -2.34. The lowest BCUT2D eigenvalue weighted by Gasteiger charge is -2.20. The Bertz CT molecular complexity index is 430. The van der Waals surface area contributed by atoms with Crippen molar-refractivity contribution in [3.8, 4) is 11.5 Å². The van der Waals surface area contributed by atoms with Gasteiger partial charge in [-0.25, -0.2) is 0 Å². The molecule has 0 saturated carbocycles. The molecule has 0 fully saturated rings. The lowest BCUT2D eigenvalue weighted by atomic mass is 10.3. The molecule has 1 rings (SSSR count). The van der Waals surface area contributed by atoms with Crippen LogP contribution < -0.4 is 9.47 Å². The normalized spacial score (nSPS) is 13.8. The molecule has 0 bridgehead atoms. The molecule has 26 heavy (non-hydrogen) atoms. The average molecular weight is 372 g/mol. The molecule has 8 nitrogen and oxygen atoms in total. The highest BCUT2D eigenvalue weighted by Gasteiger charge is 2.10. The van der Waals surface area contributed by atoms with Crippen LogP contribution in [0.15, 0.2) is 24.3 Å². The van der Waals surface area contributed by atoms with Crippen LogP contribution in [-0.2, 0) is 0 Å². The van der Waals surface area contributed by atoms with Crippen molar-refractivity contribution in [2.45, 2.75) is 12.2 Å². The number of hydrogen-bond acceptors (Lipinski definition) is 8. The maximum absolute atomic E-state index is 9.90. The SMILES string of the molecule is CN(CCO)C[C@H](O)COc1ccc(OC[C@@H](O)CN(C)CCO)cc1. The van der Waals surface area contributed by atoms with Crippen molar-refractivity contribution >= 4 is 0 Å². The zero-order chi connectivity index (χ0) is 19.4. The summed E-state index contributed by atoms with van der Waals surface area (Å²) in [4.78, 5) is 3.66. The van der Waals surface area contributed by atoms with E-state index in [0.29, 0.717) is 37.7 Å². The number of nitrogens with zero attached hydrogens (tertiary/aromatic N) is 2. The first kappa shape index (κ1) is 22.6. The van der Waals surface area contributed by atoms with E-state index in [1.54, 1.807) is 24.3 Å². The Morgan fingerprint density at radius 1 is 0.769 bits per heavy atom. The molecule has 1 aromatic rings. The van der Waals surface area contributed by atoms with Gasteiger partial charge in [-0.15, -0.1) is 0 Å². The fourth-order valence-electron chi connectivity index (χ4n) is 2.37. The van der Waals surface area contributed by atoms with Crippen LogP contribution in [0.25, 0.3) is 0 Å². The van der Waals surface area contributed by atoms with Crippen LogP contribution in [0.1, 0.15) is 0 Å². The summed E-state index contributed by atoms with van der Waals surface area (Å²) >= 11 is 0. The second-order valence-corrected chi connectivity index (χ2v) is 6.37. The molecule has 2 atom stereocenters. The predicted octanol–water partition coefficient (Wildman–Crippen LogP) is -0.986. The van der Waals surface area contributed by atoms with Gasteiger partial charge in [0.25, 0.3) is 0 Å². The van der Waals surface area contributed by atoms with Crippen molar-refractivity contribution in [3.05, 3.63) is 24.3 Å². The Morgan fingerprint density at radius 3 is 1.42 bits per heavy atom. The number of hydrogen-bond donors (Lipinski definition) is 4. The van der Waals surface area contributed by atoms with Crippen LogP contribution in [0.4, 0.5) is 0 Å². The number of aliphatic hydroxyl groups is 4. The van der Waals surface area contributed by atoms with E-state index in [9.17, 15) is 10.2 Å². The van der Waals surface area contributed by atoms with Crippen molar-refractivity contribution in [3.63, 3.8) is 0 Å². The highest BCUT2D eigenvalue weighted by Crippen LogP contribution is 2.18. The molecule has 0 saturated heterocycles. The minimum Gasteiger partial charge on any atom is -0.491 e. The van der Waals surface area contributed by atoms with Gasteiger partial charge in [0, 0.05) is 26.2 Å². The Balaban J connectivity index is 2.30. The third-order valence-corrected chi connectivity index (χ3v) is 3.72. The number of aliphatic hydroxyl groups excluding tert-OH is 4. The number of rotatable bonds is 14. The molecule has 0 heterocycles. The zero-order valence-corrected chi connectivity index (χ0v) is 15.6. The van der Waals surface area contributed by atoms with E-state index >= 15 is 0 Å². The monoisotopic (exact) mass is 372 g/mol. The third kappa shape index (κ3) is 9.91. The van der Waals surface area contributed by atoms with Crippen LogP contribution in [0.2, 0.25) is 0 Å². The van der Waals surface area contributed by atoms with Crippen LogP contribution in [0.3, 0.4) is 0 Å². The predicted molar refractivity (Wildman–Crippen MR) is 98.6 cm³/mol. The van der Waals surface area contributed by atoms with Crippen LogP contribution in [0.5, 0.6) is 11.5 Å². The van der Waals surface area contributed by atoms with Crippen molar-refractivity contribution in [2.75, 3.05) is 66.7 Å². The molecule has 0 aliphatic heterocycles. The van der Waals surface area contributed by atoms with Gasteiger partial charge in [0.1, 0.15) is 36.9 Å². The largest absolute Gasteiger partial charge is 0.491 e. The lowest BCUT2D eigenvalue weighted by molar-refractivity contribution is 0.0696. The standard InChI is InChI=1S/C18H32N2O6/c1-19(7-9-21)11-15(23)13-25-17-3-5-18(6-4-17)26-14-16(24)12-20(2)8-10-22/h3-6,15-16,21-24H,7-14H2,1-2H3/t15-,16-/m0/s1. The van der Waals surface area contributed by atoms with Crippen molar-refractivity contribution in [1.82, 2.24) is 9.80 Å². The van der Waals surface area contributed by atoms with Gasteiger partial charge in [-0.3, -0.25) is 0 Å². The summed E-state index contributed by atoms with van der Waals surface area (Å²) in [6.07, 6.45) is -1.29. The first-order valence-electron chi connectivity index (χ1n) is 8.75. The van der Waals surface area contributed by atoms with Gasteiger partial charge >= 0.3 is 0 Å². The van der Waals surface area contributed by atoms with E-state index in [1.807, 2.05) is 23.9 Å². The minimum atomic E-state index is -0.645. The fourth-order valence-corrected chi connectivity index (χ4v) is 2.37. The molecule has 0 aliphatic carbocycles. The minimum absolute atomic E-state index is 0.0535. The number of ether oxygens (including phenoxy) is 2. The quantitative estimate of drug-likeness (QED) is 0.330. The Hall–Kier alpha value is -1.42. The van der Waals surface area contributed by atoms with Crippen LogP contribution >= 0.6 is 0 Å². The summed E-state index contributed by atoms with van der Waals surface area (Å²) in [6, 6.07) is 6.96. The molecular weight excluding hydrogens is 340 g/mol. The molecule has 0 spiro atoms. The molecular formula is C18H32N2O6. The molecule has 1 aromatic carbocycles. The van der Waals surface area contributed by atoms with Crippen molar-refractivity contribution in [1.29, 1.82) is 0 Å². The molecule has 8 heteroatoms. The molecule has 0 amide bonds. The van der Waals surface area contributed by atoms with E-state index in [-0.39, 0.29) is 26.4 Å². The Kier molecular flexibility index (Phi) is 11.2. The average Bonchev–Trinajstić information content (AvgIpc) is 2.59. The van der Waals surface area contributed by atoms with Crippen molar-refractivity contribution < 1.29 is 29.9 Å². The van der Waals surface area contributed by atoms with E-state index in [4.69, 9.17) is 19.7 Å². The Morgan fingerprint density at radius 2 is 1.12 bits per heavy atom. The third-order valence-electron chi connectivity index (χ3n) is 3.72. The van der Waals surface area contributed by atoms with E-state index in [0.717, 1.165) is 0 Å². The molecule has 0 unspecified atom stereocenters. The van der Waals surface area contributed by atoms with Gasteiger partial charge in [-0.05, 0) is 38.4 Å². The summed E-state index contributed by atoms with van der Waals surface area (Å²) in [7, 11) is 3.64. The maximum Gasteiger partial charge on any atom is 0.119 e. The number of benzene rings is 1. The van der Waals surface area contributed by atoms with Crippen LogP contribution in [-0.4, -0.2) is 109 Å². The molecule has 0 aliphatic rings. The summed E-state index contributed by atoms with van der Waals surface area (Å²) in [5.74, 6) is 1.23. The van der Waals surface area contributed by atoms with Gasteiger partial charge < -0.3 is 39.7 Å². The van der Waals surface area contributed by atoms with Gasteiger partial charge in [0.15, 0.2) is 0 Å². The molecule has 0 aromatic heterocycles. The second-order valence-electron chi connectivity index (χ2n) is 6.37. The summed E-state index contributed by atoms with van der Waals surface area (Å²) in [6.45, 7) is 2.28. The second kappa shape index (κ2) is 12.9. The first-order valence-corrected chi connectivity index (χ1v) is 8.75. The maximum atomic E-state index is 9.90. The first-order chi connectivity index (χ1) is 12.4. The fraction of sp³-hybridized carbons (Fsp3) is 0.667. The zero-order valence-electron chi connectivity index (χ0n) is 15.6. The van der Waals surface area contributed by atoms with Gasteiger partial charge in [0.2, 0.25) is 0 Å². The summed E-state index contributed by atoms with van der Waals surface area (Å²) < 4.78 is 11.1. The highest BCUT2D eigenvalue weighted by atomic mass is 16.5. The van der Waals surface area contributed by atoms with Gasteiger partial charge in [-0.1, -0.05) is 0 Å². The summed E-state index contributed by atoms with van der Waals surface area (Å²) in [5, 5.41) is 37.5. The smallest absolute Gasteiger partial charge is 0.119 e. The van der Waals surface area contributed by atoms with Gasteiger partial charge in [-0.2, -0.15) is 0 Å².